The van der Waals surface area contributed by atoms with Gasteiger partial charge in [-0.3, -0.25) is 4.79 Å². The second-order valence-corrected chi connectivity index (χ2v) is 5.42. The van der Waals surface area contributed by atoms with E-state index in [0.29, 0.717) is 43.4 Å². The Balaban J connectivity index is 1.39. The van der Waals surface area contributed by atoms with E-state index in [9.17, 15) is 4.79 Å². The fourth-order valence-corrected chi connectivity index (χ4v) is 2.43. The van der Waals surface area contributed by atoms with Gasteiger partial charge in [-0.2, -0.15) is 0 Å². The van der Waals surface area contributed by atoms with E-state index in [2.05, 4.69) is 10.3 Å². The first-order valence-electron chi connectivity index (χ1n) is 8.13. The monoisotopic (exact) mass is 340 g/mol. The van der Waals surface area contributed by atoms with Crippen molar-refractivity contribution in [2.24, 2.45) is 0 Å². The molecule has 1 N–H and O–H groups in total. The molecule has 0 fully saturated rings. The SMILES string of the molecule is COc1ccccc1OCCNC(=O)CCc1nc2ccccc2o1. The van der Waals surface area contributed by atoms with Crippen LogP contribution in [0.4, 0.5) is 0 Å². The summed E-state index contributed by atoms with van der Waals surface area (Å²) < 4.78 is 16.4. The highest BCUT2D eigenvalue weighted by atomic mass is 16.5. The number of hydrogen-bond donors (Lipinski definition) is 1. The minimum Gasteiger partial charge on any atom is -0.493 e. The number of nitrogens with zero attached hydrogens (tertiary/aromatic N) is 1. The average molecular weight is 340 g/mol. The molecule has 0 aliphatic carbocycles. The second-order valence-electron chi connectivity index (χ2n) is 5.42. The molecule has 3 rings (SSSR count). The number of rotatable bonds is 8. The molecule has 130 valence electrons. The number of aryl methyl sites for hydroxylation is 1. The van der Waals surface area contributed by atoms with Crippen molar-refractivity contribution in [3.05, 3.63) is 54.4 Å². The van der Waals surface area contributed by atoms with Crippen molar-refractivity contribution in [3.8, 4) is 11.5 Å². The second kappa shape index (κ2) is 8.19. The Bertz CT molecular complexity index is 811. The van der Waals surface area contributed by atoms with E-state index in [1.807, 2.05) is 48.5 Å². The maximum atomic E-state index is 11.9. The van der Waals surface area contributed by atoms with Crippen LogP contribution in [0, 0.1) is 0 Å². The summed E-state index contributed by atoms with van der Waals surface area (Å²) >= 11 is 0. The Labute approximate surface area is 145 Å². The number of fused-ring (bicyclic) bond motifs is 1. The summed E-state index contributed by atoms with van der Waals surface area (Å²) in [6, 6.07) is 15.0. The van der Waals surface area contributed by atoms with Gasteiger partial charge in [-0.25, -0.2) is 4.98 Å². The molecular weight excluding hydrogens is 320 g/mol. The van der Waals surface area contributed by atoms with Crippen LogP contribution in [-0.2, 0) is 11.2 Å². The number of amides is 1. The molecule has 0 radical (unpaired) electrons. The van der Waals surface area contributed by atoms with Crippen LogP contribution in [0.3, 0.4) is 0 Å². The lowest BCUT2D eigenvalue weighted by Crippen LogP contribution is -2.28. The smallest absolute Gasteiger partial charge is 0.220 e. The quantitative estimate of drug-likeness (QED) is 0.638. The molecule has 0 aliphatic heterocycles. The molecule has 1 amide bonds. The summed E-state index contributed by atoms with van der Waals surface area (Å²) in [6.45, 7) is 0.791. The fraction of sp³-hybridized carbons (Fsp3) is 0.263. The van der Waals surface area contributed by atoms with Gasteiger partial charge >= 0.3 is 0 Å². The van der Waals surface area contributed by atoms with Crippen molar-refractivity contribution in [2.75, 3.05) is 20.3 Å². The van der Waals surface area contributed by atoms with Crippen LogP contribution in [0.15, 0.2) is 52.9 Å². The molecule has 0 atom stereocenters. The van der Waals surface area contributed by atoms with Gasteiger partial charge in [0.1, 0.15) is 12.1 Å². The number of carbonyl (C=O) groups is 1. The minimum absolute atomic E-state index is 0.0640. The molecule has 1 heterocycles. The molecule has 25 heavy (non-hydrogen) atoms. The van der Waals surface area contributed by atoms with Crippen LogP contribution in [0.25, 0.3) is 11.1 Å². The van der Waals surface area contributed by atoms with Crippen LogP contribution in [0.1, 0.15) is 12.3 Å². The Hall–Kier alpha value is -3.02. The summed E-state index contributed by atoms with van der Waals surface area (Å²) in [5, 5.41) is 2.82. The van der Waals surface area contributed by atoms with Gasteiger partial charge in [0.15, 0.2) is 23.0 Å². The van der Waals surface area contributed by atoms with Crippen LogP contribution >= 0.6 is 0 Å². The van der Waals surface area contributed by atoms with Crippen LogP contribution in [0.5, 0.6) is 11.5 Å². The molecule has 0 unspecified atom stereocenters. The van der Waals surface area contributed by atoms with Crippen molar-refractivity contribution < 1.29 is 18.7 Å². The van der Waals surface area contributed by atoms with Gasteiger partial charge in [-0.05, 0) is 24.3 Å². The summed E-state index contributed by atoms with van der Waals surface area (Å²) in [7, 11) is 1.59. The van der Waals surface area contributed by atoms with Crippen molar-refractivity contribution >= 4 is 17.0 Å². The number of para-hydroxylation sites is 4. The first-order chi connectivity index (χ1) is 12.3. The van der Waals surface area contributed by atoms with Gasteiger partial charge in [-0.15, -0.1) is 0 Å². The molecule has 0 saturated heterocycles. The third-order valence-electron chi connectivity index (χ3n) is 3.65. The number of ether oxygens (including phenoxy) is 2. The van der Waals surface area contributed by atoms with E-state index in [-0.39, 0.29) is 5.91 Å². The van der Waals surface area contributed by atoms with Crippen LogP contribution in [-0.4, -0.2) is 31.2 Å². The Kier molecular flexibility index (Phi) is 5.51. The van der Waals surface area contributed by atoms with E-state index in [4.69, 9.17) is 13.9 Å². The fourth-order valence-electron chi connectivity index (χ4n) is 2.43. The standard InChI is InChI=1S/C19H20N2O4/c1-23-16-8-4-5-9-17(16)24-13-12-20-18(22)10-11-19-21-14-6-2-3-7-15(14)25-19/h2-9H,10-13H2,1H3,(H,20,22). The number of benzene rings is 2. The molecule has 3 aromatic rings. The molecule has 1 aromatic heterocycles. The Morgan fingerprint density at radius 1 is 1.12 bits per heavy atom. The number of hydrogen-bond acceptors (Lipinski definition) is 5. The number of carbonyl (C=O) groups excluding carboxylic acids is 1. The largest absolute Gasteiger partial charge is 0.493 e. The molecule has 6 heteroatoms. The molecule has 6 nitrogen and oxygen atoms in total. The van der Waals surface area contributed by atoms with E-state index in [1.165, 1.54) is 0 Å². The lowest BCUT2D eigenvalue weighted by atomic mass is 10.3. The molecule has 0 aliphatic rings. The average Bonchev–Trinajstić information content (AvgIpc) is 3.07. The zero-order chi connectivity index (χ0) is 17.5. The van der Waals surface area contributed by atoms with E-state index < -0.39 is 0 Å². The lowest BCUT2D eigenvalue weighted by molar-refractivity contribution is -0.121. The summed E-state index contributed by atoms with van der Waals surface area (Å²) in [5.74, 6) is 1.84. The maximum Gasteiger partial charge on any atom is 0.220 e. The molecular formula is C19H20N2O4. The minimum atomic E-state index is -0.0640. The summed E-state index contributed by atoms with van der Waals surface area (Å²) in [6.07, 6.45) is 0.787. The van der Waals surface area contributed by atoms with Crippen molar-refractivity contribution in [1.29, 1.82) is 0 Å². The molecule has 2 aromatic carbocycles. The van der Waals surface area contributed by atoms with Gasteiger partial charge in [0.25, 0.3) is 0 Å². The highest BCUT2D eigenvalue weighted by Gasteiger charge is 2.08. The van der Waals surface area contributed by atoms with Gasteiger partial charge in [-0.1, -0.05) is 24.3 Å². The van der Waals surface area contributed by atoms with Crippen molar-refractivity contribution in [2.45, 2.75) is 12.8 Å². The lowest BCUT2D eigenvalue weighted by Gasteiger charge is -2.10. The van der Waals surface area contributed by atoms with Crippen molar-refractivity contribution in [3.63, 3.8) is 0 Å². The number of aromatic nitrogens is 1. The van der Waals surface area contributed by atoms with Gasteiger partial charge < -0.3 is 19.2 Å². The van der Waals surface area contributed by atoms with Crippen LogP contribution in [0.2, 0.25) is 0 Å². The van der Waals surface area contributed by atoms with E-state index >= 15 is 0 Å². The third-order valence-corrected chi connectivity index (χ3v) is 3.65. The highest BCUT2D eigenvalue weighted by Crippen LogP contribution is 2.25. The zero-order valence-electron chi connectivity index (χ0n) is 14.0. The highest BCUT2D eigenvalue weighted by molar-refractivity contribution is 5.76. The maximum absolute atomic E-state index is 11.9. The van der Waals surface area contributed by atoms with Gasteiger partial charge in [0.2, 0.25) is 5.91 Å². The Morgan fingerprint density at radius 3 is 2.68 bits per heavy atom. The summed E-state index contributed by atoms with van der Waals surface area (Å²) in [5.41, 5.74) is 1.55. The van der Waals surface area contributed by atoms with E-state index in [0.717, 1.165) is 11.1 Å². The topological polar surface area (TPSA) is 73.6 Å². The molecule has 0 spiro atoms. The van der Waals surface area contributed by atoms with E-state index in [1.54, 1.807) is 7.11 Å². The molecule has 0 bridgehead atoms. The first-order valence-corrected chi connectivity index (χ1v) is 8.13. The molecule has 0 saturated carbocycles. The van der Waals surface area contributed by atoms with Gasteiger partial charge in [0, 0.05) is 12.8 Å². The normalized spacial score (nSPS) is 10.6. The van der Waals surface area contributed by atoms with Crippen molar-refractivity contribution in [1.82, 2.24) is 10.3 Å². The number of nitrogens with one attached hydrogen (secondary N) is 1. The third kappa shape index (κ3) is 4.50. The van der Waals surface area contributed by atoms with Crippen LogP contribution < -0.4 is 14.8 Å². The number of oxazole rings is 1. The zero-order valence-corrected chi connectivity index (χ0v) is 14.0. The summed E-state index contributed by atoms with van der Waals surface area (Å²) in [4.78, 5) is 16.3. The number of methoxy groups -OCH3 is 1. The Morgan fingerprint density at radius 2 is 1.88 bits per heavy atom. The predicted octanol–water partition coefficient (Wildman–Crippen LogP) is 2.96. The van der Waals surface area contributed by atoms with Gasteiger partial charge in [0.05, 0.1) is 13.7 Å². The first kappa shape index (κ1) is 16.8. The predicted molar refractivity (Wildman–Crippen MR) is 93.8 cm³/mol.